The zero-order chi connectivity index (χ0) is 20.4. The Morgan fingerprint density at radius 3 is 2.43 bits per heavy atom. The van der Waals surface area contributed by atoms with Crippen molar-refractivity contribution in [3.63, 3.8) is 0 Å². The number of alkyl halides is 2. The highest BCUT2D eigenvalue weighted by molar-refractivity contribution is 6.14. The number of halogens is 2. The van der Waals surface area contributed by atoms with Crippen molar-refractivity contribution in [2.24, 2.45) is 11.8 Å². The molecular formula is C21H22F2N2O3. The third-order valence-corrected chi connectivity index (χ3v) is 5.16. The SMILES string of the molecule is C=C/C=C(\C=C)C(F)CN1C(=O)CC(=O)N(CC(F)C2=CC3CC3C=C2)C1=O. The van der Waals surface area contributed by atoms with E-state index in [1.165, 1.54) is 18.2 Å². The minimum atomic E-state index is -1.68. The van der Waals surface area contributed by atoms with Crippen molar-refractivity contribution in [3.05, 3.63) is 60.8 Å². The monoisotopic (exact) mass is 388 g/mol. The number of carbonyl (C=O) groups is 3. The molecule has 1 heterocycles. The Bertz CT molecular complexity index is 814. The summed E-state index contributed by atoms with van der Waals surface area (Å²) in [4.78, 5) is 38.2. The average Bonchev–Trinajstić information content (AvgIpc) is 3.44. The number of barbiturate groups is 1. The highest BCUT2D eigenvalue weighted by atomic mass is 19.1. The van der Waals surface area contributed by atoms with Gasteiger partial charge in [-0.15, -0.1) is 0 Å². The lowest BCUT2D eigenvalue weighted by Gasteiger charge is -2.34. The van der Waals surface area contributed by atoms with Gasteiger partial charge in [0.05, 0.1) is 13.1 Å². The summed E-state index contributed by atoms with van der Waals surface area (Å²) >= 11 is 0. The molecule has 4 amide bonds. The fraction of sp³-hybridized carbons (Fsp3) is 0.381. The quantitative estimate of drug-likeness (QED) is 0.474. The first-order valence-electron chi connectivity index (χ1n) is 9.13. The van der Waals surface area contributed by atoms with Crippen molar-refractivity contribution in [1.82, 2.24) is 9.80 Å². The zero-order valence-electron chi connectivity index (χ0n) is 15.4. The Balaban J connectivity index is 1.70. The fourth-order valence-corrected chi connectivity index (χ4v) is 3.40. The van der Waals surface area contributed by atoms with E-state index in [4.69, 9.17) is 0 Å². The van der Waals surface area contributed by atoms with Gasteiger partial charge in [0.2, 0.25) is 11.8 Å². The van der Waals surface area contributed by atoms with Crippen LogP contribution in [0.4, 0.5) is 13.6 Å². The lowest BCUT2D eigenvalue weighted by Crippen LogP contribution is -2.57. The van der Waals surface area contributed by atoms with Crippen molar-refractivity contribution >= 4 is 17.8 Å². The summed E-state index contributed by atoms with van der Waals surface area (Å²) in [5.41, 5.74) is 0.577. The molecule has 5 nitrogen and oxygen atoms in total. The molecule has 1 saturated heterocycles. The minimum absolute atomic E-state index is 0.152. The number of carbonyl (C=O) groups excluding carboxylic acids is 3. The summed E-state index contributed by atoms with van der Waals surface area (Å²) in [5, 5.41) is 0. The molecule has 1 saturated carbocycles. The zero-order valence-corrected chi connectivity index (χ0v) is 15.4. The molecule has 3 aliphatic rings. The molecule has 7 heteroatoms. The molecule has 148 valence electrons. The van der Waals surface area contributed by atoms with E-state index >= 15 is 0 Å². The molecule has 2 aliphatic carbocycles. The molecule has 0 spiro atoms. The molecule has 28 heavy (non-hydrogen) atoms. The van der Waals surface area contributed by atoms with Gasteiger partial charge in [0.15, 0.2) is 0 Å². The molecule has 1 aliphatic heterocycles. The summed E-state index contributed by atoms with van der Waals surface area (Å²) in [6.07, 6.45) is 6.59. The number of hydrogen-bond acceptors (Lipinski definition) is 3. The van der Waals surface area contributed by atoms with Crippen molar-refractivity contribution in [2.45, 2.75) is 25.2 Å². The highest BCUT2D eigenvalue weighted by Gasteiger charge is 2.41. The van der Waals surface area contributed by atoms with Gasteiger partial charge in [-0.05, 0) is 29.4 Å². The van der Waals surface area contributed by atoms with E-state index in [2.05, 4.69) is 13.2 Å². The molecule has 0 aromatic rings. The van der Waals surface area contributed by atoms with Crippen LogP contribution in [-0.2, 0) is 9.59 Å². The average molecular weight is 388 g/mol. The lowest BCUT2D eigenvalue weighted by molar-refractivity contribution is -0.143. The molecule has 2 fully saturated rings. The van der Waals surface area contributed by atoms with Crippen LogP contribution in [0.2, 0.25) is 0 Å². The molecule has 0 aromatic heterocycles. The molecule has 0 N–H and O–H groups in total. The van der Waals surface area contributed by atoms with Crippen LogP contribution in [-0.4, -0.2) is 53.1 Å². The lowest BCUT2D eigenvalue weighted by atomic mass is 10.0. The fourth-order valence-electron chi connectivity index (χ4n) is 3.40. The number of amides is 4. The summed E-state index contributed by atoms with van der Waals surface area (Å²) in [7, 11) is 0. The number of imide groups is 2. The third kappa shape index (κ3) is 4.03. The molecule has 0 radical (unpaired) electrons. The second-order valence-electron chi connectivity index (χ2n) is 7.10. The number of nitrogens with zero attached hydrogens (tertiary/aromatic N) is 2. The highest BCUT2D eigenvalue weighted by Crippen LogP contribution is 2.45. The molecule has 4 atom stereocenters. The van der Waals surface area contributed by atoms with Crippen molar-refractivity contribution in [2.75, 3.05) is 13.1 Å². The maximum absolute atomic E-state index is 14.7. The van der Waals surface area contributed by atoms with Gasteiger partial charge in [-0.1, -0.05) is 49.6 Å². The van der Waals surface area contributed by atoms with Crippen LogP contribution in [0.3, 0.4) is 0 Å². The van der Waals surface area contributed by atoms with E-state index < -0.39 is 49.7 Å². The van der Waals surface area contributed by atoms with Crippen molar-refractivity contribution < 1.29 is 23.2 Å². The summed E-state index contributed by atoms with van der Waals surface area (Å²) < 4.78 is 29.2. The predicted molar refractivity (Wildman–Crippen MR) is 101 cm³/mol. The van der Waals surface area contributed by atoms with Gasteiger partial charge in [0.1, 0.15) is 18.8 Å². The Hall–Kier alpha value is -2.83. The first-order chi connectivity index (χ1) is 13.3. The van der Waals surface area contributed by atoms with Gasteiger partial charge in [-0.2, -0.15) is 0 Å². The second kappa shape index (κ2) is 8.04. The number of rotatable bonds is 8. The van der Waals surface area contributed by atoms with Gasteiger partial charge < -0.3 is 0 Å². The number of fused-ring (bicyclic) bond motifs is 1. The van der Waals surface area contributed by atoms with Gasteiger partial charge in [-0.3, -0.25) is 19.4 Å². The van der Waals surface area contributed by atoms with Gasteiger partial charge in [0.25, 0.3) is 0 Å². The minimum Gasteiger partial charge on any atom is -0.274 e. The third-order valence-electron chi connectivity index (χ3n) is 5.16. The van der Waals surface area contributed by atoms with E-state index in [-0.39, 0.29) is 5.57 Å². The molecule has 0 bridgehead atoms. The summed E-state index contributed by atoms with van der Waals surface area (Å²) in [6, 6.07) is -1.00. The van der Waals surface area contributed by atoms with E-state index in [9.17, 15) is 23.2 Å². The van der Waals surface area contributed by atoms with Crippen molar-refractivity contribution in [1.29, 1.82) is 0 Å². The van der Waals surface area contributed by atoms with Crippen LogP contribution >= 0.6 is 0 Å². The largest absolute Gasteiger partial charge is 0.333 e. The number of hydrogen-bond donors (Lipinski definition) is 0. The van der Waals surface area contributed by atoms with E-state index in [0.717, 1.165) is 6.42 Å². The topological polar surface area (TPSA) is 57.7 Å². The second-order valence-corrected chi connectivity index (χ2v) is 7.10. The van der Waals surface area contributed by atoms with Crippen molar-refractivity contribution in [3.8, 4) is 0 Å². The van der Waals surface area contributed by atoms with Gasteiger partial charge in [-0.25, -0.2) is 13.6 Å². The summed E-state index contributed by atoms with van der Waals surface area (Å²) in [6.45, 7) is 5.89. The van der Waals surface area contributed by atoms with E-state index in [0.29, 0.717) is 27.2 Å². The molecular weight excluding hydrogens is 366 g/mol. The Morgan fingerprint density at radius 2 is 1.82 bits per heavy atom. The first kappa shape index (κ1) is 19.9. The maximum atomic E-state index is 14.7. The van der Waals surface area contributed by atoms with Crippen LogP contribution < -0.4 is 0 Å². The van der Waals surface area contributed by atoms with Crippen LogP contribution in [0.15, 0.2) is 60.8 Å². The first-order valence-corrected chi connectivity index (χ1v) is 9.13. The van der Waals surface area contributed by atoms with E-state index in [1.807, 2.05) is 12.2 Å². The molecule has 4 unspecified atom stereocenters. The van der Waals surface area contributed by atoms with Gasteiger partial charge >= 0.3 is 6.03 Å². The van der Waals surface area contributed by atoms with Crippen LogP contribution in [0, 0.1) is 11.8 Å². The molecule has 0 aromatic carbocycles. The predicted octanol–water partition coefficient (Wildman–Crippen LogP) is 3.27. The Kier molecular flexibility index (Phi) is 5.72. The number of allylic oxidation sites excluding steroid dienone is 6. The number of urea groups is 1. The van der Waals surface area contributed by atoms with Crippen LogP contribution in [0.1, 0.15) is 12.8 Å². The van der Waals surface area contributed by atoms with Crippen LogP contribution in [0.5, 0.6) is 0 Å². The Morgan fingerprint density at radius 1 is 1.14 bits per heavy atom. The van der Waals surface area contributed by atoms with Gasteiger partial charge in [0, 0.05) is 0 Å². The molecule has 3 rings (SSSR count). The Labute approximate surface area is 162 Å². The maximum Gasteiger partial charge on any atom is 0.333 e. The standard InChI is InChI=1S/C21H22F2N2O3/c1-3-5-13(4-2)17(22)11-24-19(26)10-20(27)25(21(24)28)12-18(23)15-7-6-14-8-16(14)9-15/h3-7,9,14,16-18H,1-2,8,10-12H2/b13-5+. The van der Waals surface area contributed by atoms with E-state index in [1.54, 1.807) is 6.08 Å². The summed E-state index contributed by atoms with van der Waals surface area (Å²) in [5.74, 6) is -0.791. The normalized spacial score (nSPS) is 26.6. The smallest absolute Gasteiger partial charge is 0.274 e. The van der Waals surface area contributed by atoms with Crippen LogP contribution in [0.25, 0.3) is 0 Å².